The van der Waals surface area contributed by atoms with Crippen LogP contribution >= 0.6 is 0 Å². The zero-order valence-corrected chi connectivity index (χ0v) is 11.1. The fourth-order valence-electron chi connectivity index (χ4n) is 2.63. The van der Waals surface area contributed by atoms with Gasteiger partial charge < -0.3 is 9.84 Å². The predicted octanol–water partition coefficient (Wildman–Crippen LogP) is 2.61. The first-order chi connectivity index (χ1) is 8.18. The maximum atomic E-state index is 5.52. The smallest absolute Gasteiger partial charge is 0.234 e. The van der Waals surface area contributed by atoms with Gasteiger partial charge in [-0.05, 0) is 25.8 Å². The van der Waals surface area contributed by atoms with Crippen LogP contribution in [0.3, 0.4) is 0 Å². The molecular formula is C13H23N3O. The maximum Gasteiger partial charge on any atom is 0.234 e. The molecule has 0 bridgehead atoms. The van der Waals surface area contributed by atoms with Gasteiger partial charge in [-0.3, -0.25) is 0 Å². The molecule has 1 atom stereocenters. The lowest BCUT2D eigenvalue weighted by atomic mass is 9.77. The average Bonchev–Trinajstić information content (AvgIpc) is 2.80. The summed E-state index contributed by atoms with van der Waals surface area (Å²) >= 11 is 0. The van der Waals surface area contributed by atoms with Crippen molar-refractivity contribution < 1.29 is 4.52 Å². The van der Waals surface area contributed by atoms with Crippen LogP contribution in [0.4, 0.5) is 0 Å². The third-order valence-electron chi connectivity index (χ3n) is 3.61. The maximum absolute atomic E-state index is 5.52. The van der Waals surface area contributed by atoms with Gasteiger partial charge in [-0.15, -0.1) is 0 Å². The number of hydrogen-bond acceptors (Lipinski definition) is 4. The van der Waals surface area contributed by atoms with Crippen molar-refractivity contribution in [3.63, 3.8) is 0 Å². The van der Waals surface area contributed by atoms with E-state index in [1.165, 1.54) is 6.42 Å². The molecule has 1 aliphatic rings. The van der Waals surface area contributed by atoms with E-state index in [4.69, 9.17) is 4.52 Å². The van der Waals surface area contributed by atoms with Crippen molar-refractivity contribution in [2.45, 2.75) is 57.8 Å². The highest BCUT2D eigenvalue weighted by Gasteiger charge is 2.38. The molecule has 2 rings (SSSR count). The quantitative estimate of drug-likeness (QED) is 0.874. The Hall–Kier alpha value is -0.900. The van der Waals surface area contributed by atoms with Crippen LogP contribution in [0.25, 0.3) is 0 Å². The summed E-state index contributed by atoms with van der Waals surface area (Å²) in [5, 5.41) is 7.57. The van der Waals surface area contributed by atoms with E-state index in [1.54, 1.807) is 0 Å². The molecule has 1 N–H and O–H groups in total. The lowest BCUT2D eigenvalue weighted by molar-refractivity contribution is 0.213. The lowest BCUT2D eigenvalue weighted by Gasteiger charge is -2.34. The standard InChI is InChI=1S/C13H23N3O/c1-4-6-13(7-5-8-14-9-13)12-15-11(10(2)3)16-17-12/h10,14H,4-9H2,1-3H3. The van der Waals surface area contributed by atoms with Crippen LogP contribution in [-0.2, 0) is 5.41 Å². The molecule has 4 heteroatoms. The van der Waals surface area contributed by atoms with E-state index in [2.05, 4.69) is 36.2 Å². The van der Waals surface area contributed by atoms with Crippen LogP contribution in [0.2, 0.25) is 0 Å². The van der Waals surface area contributed by atoms with E-state index >= 15 is 0 Å². The summed E-state index contributed by atoms with van der Waals surface area (Å²) in [4.78, 5) is 4.61. The fourth-order valence-corrected chi connectivity index (χ4v) is 2.63. The Morgan fingerprint density at radius 3 is 2.82 bits per heavy atom. The molecule has 1 aromatic rings. The molecule has 4 nitrogen and oxygen atoms in total. The number of hydrogen-bond donors (Lipinski definition) is 1. The molecule has 17 heavy (non-hydrogen) atoms. The molecule has 0 amide bonds. The van der Waals surface area contributed by atoms with Crippen LogP contribution in [0.5, 0.6) is 0 Å². The molecule has 0 radical (unpaired) electrons. The monoisotopic (exact) mass is 237 g/mol. The Morgan fingerprint density at radius 1 is 1.47 bits per heavy atom. The second kappa shape index (κ2) is 5.17. The van der Waals surface area contributed by atoms with Gasteiger partial charge >= 0.3 is 0 Å². The summed E-state index contributed by atoms with van der Waals surface area (Å²) in [6, 6.07) is 0. The molecule has 0 aromatic carbocycles. The van der Waals surface area contributed by atoms with Crippen LogP contribution < -0.4 is 5.32 Å². The van der Waals surface area contributed by atoms with Crippen LogP contribution in [0, 0.1) is 0 Å². The van der Waals surface area contributed by atoms with Gasteiger partial charge in [0.25, 0.3) is 0 Å². The Labute approximate surface area is 103 Å². The van der Waals surface area contributed by atoms with E-state index in [9.17, 15) is 0 Å². The van der Waals surface area contributed by atoms with Crippen molar-refractivity contribution in [2.24, 2.45) is 0 Å². The molecule has 1 saturated heterocycles. The molecule has 96 valence electrons. The van der Waals surface area contributed by atoms with Gasteiger partial charge in [-0.25, -0.2) is 0 Å². The largest absolute Gasteiger partial charge is 0.339 e. The van der Waals surface area contributed by atoms with E-state index in [0.717, 1.165) is 44.1 Å². The van der Waals surface area contributed by atoms with Gasteiger partial charge in [0.15, 0.2) is 5.82 Å². The summed E-state index contributed by atoms with van der Waals surface area (Å²) < 4.78 is 5.52. The van der Waals surface area contributed by atoms with E-state index in [-0.39, 0.29) is 5.41 Å². The van der Waals surface area contributed by atoms with Gasteiger partial charge in [0.1, 0.15) is 0 Å². The van der Waals surface area contributed by atoms with Crippen molar-refractivity contribution in [1.29, 1.82) is 0 Å². The zero-order chi connectivity index (χ0) is 12.3. The van der Waals surface area contributed by atoms with Gasteiger partial charge in [-0.1, -0.05) is 32.3 Å². The van der Waals surface area contributed by atoms with Gasteiger partial charge in [0.2, 0.25) is 5.89 Å². The first kappa shape index (κ1) is 12.6. The molecule has 0 saturated carbocycles. The second-order valence-electron chi connectivity index (χ2n) is 5.42. The Balaban J connectivity index is 2.24. The minimum atomic E-state index is 0.0765. The molecule has 1 aliphatic heterocycles. The van der Waals surface area contributed by atoms with Crippen LogP contribution in [0.15, 0.2) is 4.52 Å². The minimum absolute atomic E-state index is 0.0765. The topological polar surface area (TPSA) is 51.0 Å². The highest BCUT2D eigenvalue weighted by molar-refractivity contribution is 5.09. The molecule has 0 aliphatic carbocycles. The normalized spacial score (nSPS) is 25.4. The number of aromatic nitrogens is 2. The highest BCUT2D eigenvalue weighted by Crippen LogP contribution is 2.35. The molecule has 2 heterocycles. The third kappa shape index (κ3) is 2.51. The molecule has 1 aromatic heterocycles. The Bertz CT molecular complexity index is 348. The number of rotatable bonds is 4. The average molecular weight is 237 g/mol. The first-order valence-electron chi connectivity index (χ1n) is 6.73. The number of nitrogens with zero attached hydrogens (tertiary/aromatic N) is 2. The minimum Gasteiger partial charge on any atom is -0.339 e. The summed E-state index contributed by atoms with van der Waals surface area (Å²) in [5.74, 6) is 2.01. The van der Waals surface area contributed by atoms with Crippen molar-refractivity contribution in [3.05, 3.63) is 11.7 Å². The molecule has 0 spiro atoms. The Kier molecular flexibility index (Phi) is 3.82. The summed E-state index contributed by atoms with van der Waals surface area (Å²) in [7, 11) is 0. The van der Waals surface area contributed by atoms with Gasteiger partial charge in [0.05, 0.1) is 5.41 Å². The molecule has 1 fully saturated rings. The van der Waals surface area contributed by atoms with Crippen molar-refractivity contribution in [1.82, 2.24) is 15.5 Å². The third-order valence-corrected chi connectivity index (χ3v) is 3.61. The lowest BCUT2D eigenvalue weighted by Crippen LogP contribution is -2.43. The van der Waals surface area contributed by atoms with E-state index < -0.39 is 0 Å². The van der Waals surface area contributed by atoms with Crippen molar-refractivity contribution in [3.8, 4) is 0 Å². The van der Waals surface area contributed by atoms with E-state index in [1.807, 2.05) is 0 Å². The van der Waals surface area contributed by atoms with Crippen LogP contribution in [-0.4, -0.2) is 23.2 Å². The highest BCUT2D eigenvalue weighted by atomic mass is 16.5. The Morgan fingerprint density at radius 2 is 2.29 bits per heavy atom. The molecular weight excluding hydrogens is 214 g/mol. The number of nitrogens with one attached hydrogen (secondary N) is 1. The van der Waals surface area contributed by atoms with Gasteiger partial charge in [0, 0.05) is 12.5 Å². The SMILES string of the molecule is CCCC1(c2nc(C(C)C)no2)CCCNC1. The summed E-state index contributed by atoms with van der Waals surface area (Å²) in [5.41, 5.74) is 0.0765. The first-order valence-corrected chi connectivity index (χ1v) is 6.73. The number of piperidine rings is 1. The summed E-state index contributed by atoms with van der Waals surface area (Å²) in [6.45, 7) is 8.49. The van der Waals surface area contributed by atoms with Crippen molar-refractivity contribution >= 4 is 0 Å². The van der Waals surface area contributed by atoms with Crippen molar-refractivity contribution in [2.75, 3.05) is 13.1 Å². The fraction of sp³-hybridized carbons (Fsp3) is 0.846. The second-order valence-corrected chi connectivity index (χ2v) is 5.42. The zero-order valence-electron chi connectivity index (χ0n) is 11.1. The molecule has 1 unspecified atom stereocenters. The summed E-state index contributed by atoms with van der Waals surface area (Å²) in [6.07, 6.45) is 4.63. The van der Waals surface area contributed by atoms with E-state index in [0.29, 0.717) is 5.92 Å². The van der Waals surface area contributed by atoms with Crippen LogP contribution in [0.1, 0.15) is 64.1 Å². The van der Waals surface area contributed by atoms with Gasteiger partial charge in [-0.2, -0.15) is 4.98 Å². The predicted molar refractivity (Wildman–Crippen MR) is 67.1 cm³/mol.